The molecule has 1 aliphatic rings. The van der Waals surface area contributed by atoms with Gasteiger partial charge in [0.2, 0.25) is 0 Å². The number of pyridine rings is 1. The van der Waals surface area contributed by atoms with Crippen LogP contribution in [0.15, 0.2) is 52.7 Å². The maximum atomic E-state index is 13.4. The van der Waals surface area contributed by atoms with E-state index in [1.807, 2.05) is 56.3 Å². The van der Waals surface area contributed by atoms with Crippen LogP contribution in [0.3, 0.4) is 0 Å². The fourth-order valence-corrected chi connectivity index (χ4v) is 8.11. The van der Waals surface area contributed by atoms with Gasteiger partial charge < -0.3 is 10.6 Å². The van der Waals surface area contributed by atoms with Crippen LogP contribution in [0.2, 0.25) is 5.02 Å². The van der Waals surface area contributed by atoms with Crippen LogP contribution in [-0.4, -0.2) is 67.9 Å². The molecule has 2 N–H and O–H groups in total. The van der Waals surface area contributed by atoms with Crippen LogP contribution in [0.5, 0.6) is 0 Å². The van der Waals surface area contributed by atoms with Crippen LogP contribution >= 0.6 is 22.9 Å². The highest BCUT2D eigenvalue weighted by Crippen LogP contribution is 2.37. The molecule has 0 bridgehead atoms. The summed E-state index contributed by atoms with van der Waals surface area (Å²) < 4.78 is 29.6. The first kappa shape index (κ1) is 25.9. The van der Waals surface area contributed by atoms with E-state index in [9.17, 15) is 13.2 Å². The molecule has 0 spiro atoms. The van der Waals surface area contributed by atoms with E-state index >= 15 is 0 Å². The van der Waals surface area contributed by atoms with Gasteiger partial charge in [-0.25, -0.2) is 13.2 Å². The molecule has 0 radical (unpaired) electrons. The number of nitrogens with one attached hydrogen (secondary N) is 2. The first-order chi connectivity index (χ1) is 17.7. The molecule has 8 nitrogen and oxygen atoms in total. The van der Waals surface area contributed by atoms with Gasteiger partial charge in [0, 0.05) is 60.1 Å². The molecule has 4 aromatic rings. The number of benzene rings is 2. The number of thiophene rings is 1. The van der Waals surface area contributed by atoms with E-state index < -0.39 is 10.0 Å². The zero-order valence-corrected chi connectivity index (χ0v) is 23.0. The lowest BCUT2D eigenvalue weighted by Gasteiger charge is -2.33. The van der Waals surface area contributed by atoms with E-state index in [1.54, 1.807) is 10.4 Å². The Morgan fingerprint density at radius 1 is 1.05 bits per heavy atom. The summed E-state index contributed by atoms with van der Waals surface area (Å²) in [6.07, 6.45) is 0. The monoisotopic (exact) mass is 557 g/mol. The number of sulfonamides is 1. The lowest BCUT2D eigenvalue weighted by molar-refractivity contribution is 0.189. The fraction of sp³-hybridized carbons (Fsp3) is 0.308. The molecule has 2 aromatic heterocycles. The summed E-state index contributed by atoms with van der Waals surface area (Å²) in [4.78, 5) is 19.2. The number of anilines is 1. The van der Waals surface area contributed by atoms with Gasteiger partial charge in [-0.1, -0.05) is 29.8 Å². The van der Waals surface area contributed by atoms with Gasteiger partial charge in [0.25, 0.3) is 10.0 Å². The van der Waals surface area contributed by atoms with Gasteiger partial charge in [-0.3, -0.25) is 9.88 Å². The van der Waals surface area contributed by atoms with Crippen molar-refractivity contribution in [2.24, 2.45) is 0 Å². The molecule has 37 heavy (non-hydrogen) atoms. The Morgan fingerprint density at radius 3 is 2.59 bits per heavy atom. The number of hydrogen-bond acceptors (Lipinski definition) is 6. The molecular weight excluding hydrogens is 530 g/mol. The molecule has 0 atom stereocenters. The predicted molar refractivity (Wildman–Crippen MR) is 150 cm³/mol. The van der Waals surface area contributed by atoms with Crippen molar-refractivity contribution < 1.29 is 13.2 Å². The lowest BCUT2D eigenvalue weighted by atomic mass is 10.1. The largest absolute Gasteiger partial charge is 0.337 e. The zero-order chi connectivity index (χ0) is 26.2. The highest BCUT2D eigenvalue weighted by atomic mass is 35.5. The van der Waals surface area contributed by atoms with Crippen molar-refractivity contribution >= 4 is 65.7 Å². The van der Waals surface area contributed by atoms with Crippen molar-refractivity contribution in [2.45, 2.75) is 18.1 Å². The average Bonchev–Trinajstić information content (AvgIpc) is 3.20. The van der Waals surface area contributed by atoms with Crippen molar-refractivity contribution in [3.8, 4) is 0 Å². The molecular formula is C26H28ClN5O3S2. The number of urea groups is 1. The number of aromatic nitrogens is 1. The summed E-state index contributed by atoms with van der Waals surface area (Å²) in [5, 5.41) is 8.19. The molecule has 1 saturated heterocycles. The number of halogens is 1. The Hall–Kier alpha value is -2.76. The molecule has 194 valence electrons. The van der Waals surface area contributed by atoms with Crippen LogP contribution in [0, 0.1) is 13.8 Å². The SMILES string of the molecule is Cc1cc(NC(=O)NCCN2CCN(S(=O)(=O)c3sc4ccc(Cl)cc4c3C)CC2)c2ccccc2n1. The van der Waals surface area contributed by atoms with E-state index in [0.717, 1.165) is 37.9 Å². The Balaban J connectivity index is 1.14. The van der Waals surface area contributed by atoms with Gasteiger partial charge in [0.05, 0.1) is 11.2 Å². The Labute approximate surface area is 225 Å². The first-order valence-electron chi connectivity index (χ1n) is 12.0. The molecule has 2 aromatic carbocycles. The summed E-state index contributed by atoms with van der Waals surface area (Å²) in [6.45, 7) is 6.85. The van der Waals surface area contributed by atoms with E-state index in [2.05, 4.69) is 20.5 Å². The van der Waals surface area contributed by atoms with Crippen molar-refractivity contribution in [3.63, 3.8) is 0 Å². The predicted octanol–water partition coefficient (Wildman–Crippen LogP) is 4.85. The van der Waals surface area contributed by atoms with Crippen molar-refractivity contribution in [1.29, 1.82) is 0 Å². The summed E-state index contributed by atoms with van der Waals surface area (Å²) in [6, 6.07) is 14.7. The third-order valence-electron chi connectivity index (χ3n) is 6.57. The van der Waals surface area contributed by atoms with Crippen molar-refractivity contribution in [2.75, 3.05) is 44.6 Å². The zero-order valence-electron chi connectivity index (χ0n) is 20.6. The second-order valence-corrected chi connectivity index (χ2v) is 12.7. The van der Waals surface area contributed by atoms with E-state index in [1.165, 1.54) is 11.3 Å². The number of amides is 2. The van der Waals surface area contributed by atoms with E-state index in [0.29, 0.717) is 48.5 Å². The number of rotatable bonds is 6. The third kappa shape index (κ3) is 5.44. The second kappa shape index (κ2) is 10.5. The van der Waals surface area contributed by atoms with Crippen LogP contribution in [0.25, 0.3) is 21.0 Å². The number of carbonyl (C=O) groups is 1. The normalized spacial score (nSPS) is 15.3. The lowest BCUT2D eigenvalue weighted by Crippen LogP contribution is -2.50. The van der Waals surface area contributed by atoms with Crippen LogP contribution < -0.4 is 10.6 Å². The number of fused-ring (bicyclic) bond motifs is 2. The minimum atomic E-state index is -3.58. The average molecular weight is 558 g/mol. The Kier molecular flexibility index (Phi) is 7.37. The molecule has 0 unspecified atom stereocenters. The molecule has 1 fully saturated rings. The minimum Gasteiger partial charge on any atom is -0.337 e. The maximum absolute atomic E-state index is 13.4. The summed E-state index contributed by atoms with van der Waals surface area (Å²) in [7, 11) is -3.58. The fourth-order valence-electron chi connectivity index (χ4n) is 4.63. The van der Waals surface area contributed by atoms with Crippen LogP contribution in [0.1, 0.15) is 11.3 Å². The van der Waals surface area contributed by atoms with Gasteiger partial charge in [-0.05, 0) is 55.1 Å². The van der Waals surface area contributed by atoms with Crippen LogP contribution in [-0.2, 0) is 10.0 Å². The number of aryl methyl sites for hydroxylation is 2. The van der Waals surface area contributed by atoms with E-state index in [-0.39, 0.29) is 6.03 Å². The topological polar surface area (TPSA) is 94.6 Å². The minimum absolute atomic E-state index is 0.280. The van der Waals surface area contributed by atoms with Gasteiger partial charge in [-0.15, -0.1) is 11.3 Å². The van der Waals surface area contributed by atoms with Gasteiger partial charge in [0.15, 0.2) is 0 Å². The highest BCUT2D eigenvalue weighted by molar-refractivity contribution is 7.91. The Morgan fingerprint density at radius 2 is 1.81 bits per heavy atom. The van der Waals surface area contributed by atoms with Crippen molar-refractivity contribution in [1.82, 2.24) is 19.5 Å². The van der Waals surface area contributed by atoms with Gasteiger partial charge in [0.1, 0.15) is 4.21 Å². The third-order valence-corrected chi connectivity index (χ3v) is 10.6. The summed E-state index contributed by atoms with van der Waals surface area (Å²) in [5.41, 5.74) is 3.13. The molecule has 3 heterocycles. The number of carbonyl (C=O) groups excluding carboxylic acids is 1. The number of piperazine rings is 1. The smallest absolute Gasteiger partial charge is 0.319 e. The quantitative estimate of drug-likeness (QED) is 0.353. The van der Waals surface area contributed by atoms with Crippen molar-refractivity contribution in [3.05, 3.63) is 64.8 Å². The molecule has 11 heteroatoms. The molecule has 5 rings (SSSR count). The number of para-hydroxylation sites is 1. The number of nitrogens with zero attached hydrogens (tertiary/aromatic N) is 3. The number of hydrogen-bond donors (Lipinski definition) is 2. The molecule has 0 aliphatic carbocycles. The van der Waals surface area contributed by atoms with Crippen LogP contribution in [0.4, 0.5) is 10.5 Å². The highest BCUT2D eigenvalue weighted by Gasteiger charge is 2.31. The van der Waals surface area contributed by atoms with Gasteiger partial charge in [-0.2, -0.15) is 4.31 Å². The standard InChI is InChI=1S/C26H28ClN5O3S2/c1-17-15-23(20-5-3-4-6-22(20)29-17)30-26(33)28-9-10-31-11-13-32(14-12-31)37(34,35)25-18(2)21-16-19(27)7-8-24(21)36-25/h3-8,15-16H,9-14H2,1-2H3,(H2,28,29,30,33). The van der Waals surface area contributed by atoms with Gasteiger partial charge >= 0.3 is 6.03 Å². The molecule has 0 saturated carbocycles. The van der Waals surface area contributed by atoms with E-state index in [4.69, 9.17) is 11.6 Å². The molecule has 2 amide bonds. The Bertz CT molecular complexity index is 1580. The molecule has 1 aliphatic heterocycles. The summed E-state index contributed by atoms with van der Waals surface area (Å²) in [5.74, 6) is 0. The maximum Gasteiger partial charge on any atom is 0.319 e. The second-order valence-electron chi connectivity index (χ2n) is 9.11. The first-order valence-corrected chi connectivity index (χ1v) is 14.7. The summed E-state index contributed by atoms with van der Waals surface area (Å²) >= 11 is 7.41.